The first kappa shape index (κ1) is 23.5. The number of aryl methyl sites for hydroxylation is 1. The van der Waals surface area contributed by atoms with Crippen LogP contribution in [0.25, 0.3) is 11.3 Å². The highest BCUT2D eigenvalue weighted by Gasteiger charge is 2.57. The Labute approximate surface area is 215 Å². The van der Waals surface area contributed by atoms with Crippen molar-refractivity contribution >= 4 is 29.5 Å². The summed E-state index contributed by atoms with van der Waals surface area (Å²) in [6.07, 6.45) is 1.83. The molecule has 1 saturated carbocycles. The molecule has 1 aliphatic carbocycles. The summed E-state index contributed by atoms with van der Waals surface area (Å²) >= 11 is 1.45. The van der Waals surface area contributed by atoms with Crippen molar-refractivity contribution < 1.29 is 8.78 Å². The maximum Gasteiger partial charge on any atom is 0.253 e. The zero-order chi connectivity index (χ0) is 24.9. The topological polar surface area (TPSA) is 38.7 Å². The number of piperazine rings is 1. The predicted octanol–water partition coefficient (Wildman–Crippen LogP) is 5.25. The number of pyridine rings is 2. The van der Waals surface area contributed by atoms with Gasteiger partial charge in [-0.1, -0.05) is 18.2 Å². The average Bonchev–Trinajstić information content (AvgIpc) is 3.37. The molecule has 36 heavy (non-hydrogen) atoms. The maximum absolute atomic E-state index is 13.5. The number of fused-ring (bicyclic) bond motifs is 1. The molecule has 3 aliphatic rings. The van der Waals surface area contributed by atoms with E-state index in [2.05, 4.69) is 46.0 Å². The van der Waals surface area contributed by atoms with Crippen LogP contribution < -0.4 is 13.5 Å². The van der Waals surface area contributed by atoms with Crippen LogP contribution in [0, 0.1) is 12.8 Å². The van der Waals surface area contributed by atoms with Gasteiger partial charge >= 0.3 is 0 Å². The molecule has 0 bridgehead atoms. The smallest absolute Gasteiger partial charge is 0.253 e. The summed E-state index contributed by atoms with van der Waals surface area (Å²) in [5.74, 6) is -1.20. The van der Waals surface area contributed by atoms with Gasteiger partial charge in [0.2, 0.25) is 0 Å². The SMILES string of the molecule is Cc1ccc(CN2CCN(c3ccccn3)CC2)cc1-c1ccc2c(n1)N(C)SN2CC1CC1(F)F. The third-order valence-electron chi connectivity index (χ3n) is 7.31. The fourth-order valence-electron chi connectivity index (χ4n) is 5.03. The second-order valence-corrected chi connectivity index (χ2v) is 11.1. The first-order valence-corrected chi connectivity index (χ1v) is 13.2. The predicted molar refractivity (Wildman–Crippen MR) is 143 cm³/mol. The van der Waals surface area contributed by atoms with Gasteiger partial charge in [0.25, 0.3) is 5.92 Å². The van der Waals surface area contributed by atoms with E-state index in [-0.39, 0.29) is 6.42 Å². The van der Waals surface area contributed by atoms with Crippen molar-refractivity contribution in [2.75, 3.05) is 53.3 Å². The summed E-state index contributed by atoms with van der Waals surface area (Å²) in [6.45, 7) is 7.28. The van der Waals surface area contributed by atoms with Crippen LogP contribution in [-0.4, -0.2) is 60.6 Å². The third-order valence-corrected chi connectivity index (χ3v) is 8.27. The number of nitrogens with zero attached hydrogens (tertiary/aromatic N) is 6. The highest BCUT2D eigenvalue weighted by Crippen LogP contribution is 2.52. The molecule has 0 amide bonds. The van der Waals surface area contributed by atoms with Crippen LogP contribution >= 0.6 is 12.1 Å². The van der Waals surface area contributed by atoms with E-state index < -0.39 is 11.8 Å². The molecule has 4 heterocycles. The van der Waals surface area contributed by atoms with Gasteiger partial charge in [-0.25, -0.2) is 18.7 Å². The summed E-state index contributed by atoms with van der Waals surface area (Å²) in [7, 11) is 1.94. The third kappa shape index (κ3) is 4.62. The van der Waals surface area contributed by atoms with E-state index in [9.17, 15) is 8.78 Å². The van der Waals surface area contributed by atoms with Gasteiger partial charge in [0, 0.05) is 70.4 Å². The standard InChI is InChI=1S/C27H30F2N6S/c1-19-6-7-20(17-33-11-13-34(14-12-33)25-5-3-4-10-30-25)15-22(19)23-8-9-24-26(31-23)32(2)36-35(24)18-21-16-27(21,28)29/h3-10,15,21H,11-14,16-18H2,1-2H3. The highest BCUT2D eigenvalue weighted by atomic mass is 32.2. The van der Waals surface area contributed by atoms with Gasteiger partial charge in [-0.2, -0.15) is 0 Å². The van der Waals surface area contributed by atoms with Gasteiger partial charge in [-0.3, -0.25) is 13.5 Å². The Balaban J connectivity index is 1.15. The minimum absolute atomic E-state index is 0.0151. The van der Waals surface area contributed by atoms with Crippen molar-refractivity contribution in [3.8, 4) is 11.3 Å². The van der Waals surface area contributed by atoms with E-state index >= 15 is 0 Å². The highest BCUT2D eigenvalue weighted by molar-refractivity contribution is 8.02. The van der Waals surface area contributed by atoms with Gasteiger partial charge in [0.05, 0.1) is 23.5 Å². The second-order valence-electron chi connectivity index (χ2n) is 9.94. The van der Waals surface area contributed by atoms with Crippen molar-refractivity contribution in [1.29, 1.82) is 0 Å². The number of rotatable bonds is 6. The van der Waals surface area contributed by atoms with E-state index in [1.54, 1.807) is 0 Å². The lowest BCUT2D eigenvalue weighted by Crippen LogP contribution is -2.46. The second kappa shape index (κ2) is 9.19. The monoisotopic (exact) mass is 508 g/mol. The van der Waals surface area contributed by atoms with E-state index in [1.165, 1.54) is 23.3 Å². The van der Waals surface area contributed by atoms with Crippen LogP contribution in [0.2, 0.25) is 0 Å². The number of anilines is 3. The van der Waals surface area contributed by atoms with E-state index in [1.807, 2.05) is 46.1 Å². The summed E-state index contributed by atoms with van der Waals surface area (Å²) in [5.41, 5.74) is 5.39. The van der Waals surface area contributed by atoms with Gasteiger partial charge in [0.1, 0.15) is 5.82 Å². The van der Waals surface area contributed by atoms with Crippen molar-refractivity contribution in [3.63, 3.8) is 0 Å². The van der Waals surface area contributed by atoms with Gasteiger partial charge in [0.15, 0.2) is 5.82 Å². The zero-order valence-electron chi connectivity index (χ0n) is 20.6. The minimum Gasteiger partial charge on any atom is -0.354 e. The number of aromatic nitrogens is 2. The van der Waals surface area contributed by atoms with Gasteiger partial charge in [-0.05, 0) is 48.4 Å². The van der Waals surface area contributed by atoms with Gasteiger partial charge < -0.3 is 4.90 Å². The van der Waals surface area contributed by atoms with Gasteiger partial charge in [-0.15, -0.1) is 0 Å². The molecule has 1 unspecified atom stereocenters. The molecule has 6 nitrogen and oxygen atoms in total. The molecular formula is C27H30F2N6S. The Hall–Kier alpha value is -2.91. The molecule has 1 aromatic carbocycles. The zero-order valence-corrected chi connectivity index (χ0v) is 21.4. The molecule has 3 aromatic rings. The van der Waals surface area contributed by atoms with Crippen LogP contribution in [0.4, 0.5) is 26.1 Å². The molecule has 6 rings (SSSR count). The maximum atomic E-state index is 13.5. The minimum atomic E-state index is -2.52. The van der Waals surface area contributed by atoms with Crippen molar-refractivity contribution in [3.05, 3.63) is 65.9 Å². The van der Waals surface area contributed by atoms with Crippen LogP contribution in [0.5, 0.6) is 0 Å². The van der Waals surface area contributed by atoms with Crippen LogP contribution in [-0.2, 0) is 6.54 Å². The van der Waals surface area contributed by atoms with E-state index in [0.29, 0.717) is 6.54 Å². The van der Waals surface area contributed by atoms with Crippen molar-refractivity contribution in [2.24, 2.45) is 5.92 Å². The van der Waals surface area contributed by atoms with Crippen LogP contribution in [0.15, 0.2) is 54.7 Å². The van der Waals surface area contributed by atoms with Crippen molar-refractivity contribution in [1.82, 2.24) is 14.9 Å². The normalized spacial score (nSPS) is 21.1. The number of halogens is 2. The molecule has 1 atom stereocenters. The first-order valence-electron chi connectivity index (χ1n) is 12.4. The molecule has 188 valence electrons. The fourth-order valence-corrected chi connectivity index (χ4v) is 6.01. The Kier molecular flexibility index (Phi) is 6.00. The quantitative estimate of drug-likeness (QED) is 0.421. The molecule has 1 saturated heterocycles. The summed E-state index contributed by atoms with van der Waals surface area (Å²) < 4.78 is 30.9. The number of benzene rings is 1. The number of hydrogen-bond acceptors (Lipinski definition) is 7. The largest absolute Gasteiger partial charge is 0.354 e. The molecule has 9 heteroatoms. The molecule has 2 aliphatic heterocycles. The Bertz CT molecular complexity index is 1250. The van der Waals surface area contributed by atoms with Crippen LogP contribution in [0.1, 0.15) is 17.5 Å². The summed E-state index contributed by atoms with van der Waals surface area (Å²) in [6, 6.07) is 16.7. The summed E-state index contributed by atoms with van der Waals surface area (Å²) in [4.78, 5) is 14.3. The number of hydrogen-bond donors (Lipinski definition) is 0. The Morgan fingerprint density at radius 2 is 1.86 bits per heavy atom. The number of alkyl halides is 2. The lowest BCUT2D eigenvalue weighted by atomic mass is 10.0. The molecular weight excluding hydrogens is 478 g/mol. The molecule has 0 spiro atoms. The van der Waals surface area contributed by atoms with Crippen LogP contribution in [0.3, 0.4) is 0 Å². The fraction of sp³-hybridized carbons (Fsp3) is 0.407. The molecule has 0 radical (unpaired) electrons. The van der Waals surface area contributed by atoms with Crippen molar-refractivity contribution in [2.45, 2.75) is 25.8 Å². The molecule has 2 aromatic heterocycles. The van der Waals surface area contributed by atoms with E-state index in [0.717, 1.165) is 61.3 Å². The summed E-state index contributed by atoms with van der Waals surface area (Å²) in [5, 5.41) is 0. The lowest BCUT2D eigenvalue weighted by Gasteiger charge is -2.35. The first-order chi connectivity index (χ1) is 17.4. The lowest BCUT2D eigenvalue weighted by molar-refractivity contribution is 0.101. The Morgan fingerprint density at radius 1 is 1.06 bits per heavy atom. The Morgan fingerprint density at radius 3 is 2.58 bits per heavy atom. The molecule has 2 fully saturated rings. The van der Waals surface area contributed by atoms with E-state index in [4.69, 9.17) is 4.98 Å². The molecule has 0 N–H and O–H groups in total. The average molecular weight is 509 g/mol.